The van der Waals surface area contributed by atoms with Crippen molar-refractivity contribution < 1.29 is 4.68 Å². The molecular weight excluding hydrogens is 148 g/mol. The highest BCUT2D eigenvalue weighted by Crippen LogP contribution is 2.27. The highest BCUT2D eigenvalue weighted by molar-refractivity contribution is 5.79. The molecule has 0 aromatic heterocycles. The molecule has 0 aromatic carbocycles. The lowest BCUT2D eigenvalue weighted by molar-refractivity contribution is -0.610. The van der Waals surface area contributed by atoms with Crippen LogP contribution < -0.4 is 5.43 Å². The number of fused-ring (bicyclic) bond motifs is 2. The molecule has 2 rings (SSSR count). The molecule has 1 aliphatic heterocycles. The van der Waals surface area contributed by atoms with Crippen LogP contribution in [0.4, 0.5) is 0 Å². The Balaban J connectivity index is 2.18. The Labute approximate surface area is 74.6 Å². The molecule has 1 saturated heterocycles. The van der Waals surface area contributed by atoms with Crippen molar-refractivity contribution >= 4 is 5.71 Å². The zero-order valence-corrected chi connectivity index (χ0v) is 8.14. The van der Waals surface area contributed by atoms with E-state index in [1.165, 1.54) is 32.1 Å². The Bertz CT molecular complexity index is 202. The molecule has 2 bridgehead atoms. The first kappa shape index (κ1) is 8.09. The second kappa shape index (κ2) is 3.08. The second-order valence-electron chi connectivity index (χ2n) is 3.94. The molecule has 2 atom stereocenters. The topological polar surface area (TPSA) is 15.0 Å². The van der Waals surface area contributed by atoms with E-state index in [1.807, 2.05) is 0 Å². The maximum Gasteiger partial charge on any atom is 0.183 e. The first-order valence-electron chi connectivity index (χ1n) is 5.25. The third-order valence-corrected chi connectivity index (χ3v) is 3.25. The van der Waals surface area contributed by atoms with Crippen LogP contribution in [0.1, 0.15) is 46.0 Å². The third-order valence-electron chi connectivity index (χ3n) is 3.25. The summed E-state index contributed by atoms with van der Waals surface area (Å²) in [5.41, 5.74) is 5.17. The summed E-state index contributed by atoms with van der Waals surface area (Å²) in [6, 6.07) is 1.62. The largest absolute Gasteiger partial charge is 0.195 e. The maximum atomic E-state index is 3.59. The molecular formula is C10H19N2+. The van der Waals surface area contributed by atoms with Crippen LogP contribution >= 0.6 is 0 Å². The second-order valence-corrected chi connectivity index (χ2v) is 3.94. The van der Waals surface area contributed by atoms with E-state index in [2.05, 4.69) is 24.0 Å². The number of hydrogen-bond donors (Lipinski definition) is 1. The quantitative estimate of drug-likeness (QED) is 0.619. The molecule has 0 spiro atoms. The Kier molecular flexibility index (Phi) is 2.07. The van der Waals surface area contributed by atoms with Crippen LogP contribution in [-0.2, 0) is 0 Å². The van der Waals surface area contributed by atoms with Crippen molar-refractivity contribution in [3.05, 3.63) is 0 Å². The Morgan fingerprint density at radius 1 is 1.33 bits per heavy atom. The monoisotopic (exact) mass is 167 g/mol. The summed E-state index contributed by atoms with van der Waals surface area (Å²) in [5, 5.41) is 0. The fourth-order valence-corrected chi connectivity index (χ4v) is 2.55. The molecule has 0 unspecified atom stereocenters. The third kappa shape index (κ3) is 1.13. The van der Waals surface area contributed by atoms with Crippen molar-refractivity contribution in [3.8, 4) is 0 Å². The number of nitrogens with one attached hydrogen (secondary N) is 1. The average molecular weight is 167 g/mol. The van der Waals surface area contributed by atoms with E-state index in [1.54, 1.807) is 5.71 Å². The van der Waals surface area contributed by atoms with Gasteiger partial charge in [0, 0.05) is 25.7 Å². The van der Waals surface area contributed by atoms with E-state index in [4.69, 9.17) is 0 Å². The number of nitrogens with zero attached hydrogens (tertiary/aromatic N) is 1. The summed E-state index contributed by atoms with van der Waals surface area (Å²) in [7, 11) is 0. The van der Waals surface area contributed by atoms with Gasteiger partial charge in [-0.3, -0.25) is 0 Å². The van der Waals surface area contributed by atoms with Gasteiger partial charge in [-0.1, -0.05) is 13.8 Å². The average Bonchev–Trinajstić information content (AvgIpc) is 2.67. The minimum absolute atomic E-state index is 0.795. The zero-order valence-electron chi connectivity index (χ0n) is 8.14. The van der Waals surface area contributed by atoms with E-state index in [-0.39, 0.29) is 0 Å². The van der Waals surface area contributed by atoms with Crippen LogP contribution in [0.15, 0.2) is 0 Å². The normalized spacial score (nSPS) is 32.3. The van der Waals surface area contributed by atoms with Crippen LogP contribution in [0.3, 0.4) is 0 Å². The van der Waals surface area contributed by atoms with Gasteiger partial charge in [-0.15, -0.1) is 4.68 Å². The van der Waals surface area contributed by atoms with Crippen molar-refractivity contribution in [2.24, 2.45) is 0 Å². The van der Waals surface area contributed by atoms with Crippen molar-refractivity contribution in [1.29, 1.82) is 0 Å². The highest BCUT2D eigenvalue weighted by atomic mass is 15.5. The molecule has 1 N–H and O–H groups in total. The Morgan fingerprint density at radius 3 is 2.50 bits per heavy atom. The van der Waals surface area contributed by atoms with E-state index in [0.717, 1.165) is 12.1 Å². The van der Waals surface area contributed by atoms with Gasteiger partial charge in [0.15, 0.2) is 11.8 Å². The van der Waals surface area contributed by atoms with Crippen LogP contribution in [0.2, 0.25) is 0 Å². The standard InChI is InChI=1S/C10H19N2/c1-3-9(4-2)12-10-6-5-8(7-10)11-12/h8,10-11H,3-7H2,1-2H3/q+1/t8-,10+/m1/s1. The molecule has 1 aliphatic carbocycles. The number of hydrazone groups is 1. The van der Waals surface area contributed by atoms with Crippen molar-refractivity contribution in [3.63, 3.8) is 0 Å². The van der Waals surface area contributed by atoms with Gasteiger partial charge in [0.2, 0.25) is 0 Å². The predicted molar refractivity (Wildman–Crippen MR) is 50.4 cm³/mol. The number of hydrogen-bond acceptors (Lipinski definition) is 1. The molecule has 0 aromatic rings. The molecule has 1 heterocycles. The van der Waals surface area contributed by atoms with E-state index >= 15 is 0 Å². The molecule has 2 nitrogen and oxygen atoms in total. The molecule has 68 valence electrons. The summed E-state index contributed by atoms with van der Waals surface area (Å²) >= 11 is 0. The summed E-state index contributed by atoms with van der Waals surface area (Å²) in [4.78, 5) is 0. The fraction of sp³-hybridized carbons (Fsp3) is 0.900. The van der Waals surface area contributed by atoms with Crippen LogP contribution in [0.5, 0.6) is 0 Å². The van der Waals surface area contributed by atoms with Gasteiger partial charge in [0.25, 0.3) is 0 Å². The van der Waals surface area contributed by atoms with Gasteiger partial charge in [-0.05, 0) is 6.42 Å². The number of rotatable bonds is 2. The SMILES string of the molecule is CCC(CC)=[N+]1N[C@@H]2CC[C@H]1C2. The van der Waals surface area contributed by atoms with Gasteiger partial charge < -0.3 is 0 Å². The van der Waals surface area contributed by atoms with Gasteiger partial charge >= 0.3 is 0 Å². The minimum Gasteiger partial charge on any atom is -0.195 e. The maximum absolute atomic E-state index is 3.59. The molecule has 0 radical (unpaired) electrons. The van der Waals surface area contributed by atoms with E-state index < -0.39 is 0 Å². The van der Waals surface area contributed by atoms with Gasteiger partial charge in [0.1, 0.15) is 0 Å². The molecule has 1 saturated carbocycles. The summed E-state index contributed by atoms with van der Waals surface area (Å²) in [6.07, 6.45) is 6.58. The molecule has 12 heavy (non-hydrogen) atoms. The van der Waals surface area contributed by atoms with Gasteiger partial charge in [-0.2, -0.15) is 5.43 Å². The Hall–Kier alpha value is -0.530. The first-order valence-corrected chi connectivity index (χ1v) is 5.25. The lowest BCUT2D eigenvalue weighted by atomic mass is 10.2. The van der Waals surface area contributed by atoms with E-state index in [9.17, 15) is 0 Å². The van der Waals surface area contributed by atoms with E-state index in [0.29, 0.717) is 0 Å². The minimum atomic E-state index is 0.795. The van der Waals surface area contributed by atoms with Crippen LogP contribution in [0.25, 0.3) is 0 Å². The molecule has 2 heteroatoms. The number of hydrazine groups is 1. The van der Waals surface area contributed by atoms with Crippen LogP contribution in [-0.4, -0.2) is 22.5 Å². The lowest BCUT2D eigenvalue weighted by Gasteiger charge is -2.13. The smallest absolute Gasteiger partial charge is 0.183 e. The summed E-state index contributed by atoms with van der Waals surface area (Å²) in [5.74, 6) is 0. The molecule has 0 amide bonds. The summed E-state index contributed by atoms with van der Waals surface area (Å²) < 4.78 is 2.45. The van der Waals surface area contributed by atoms with Gasteiger partial charge in [0.05, 0.1) is 6.04 Å². The highest BCUT2D eigenvalue weighted by Gasteiger charge is 2.43. The summed E-state index contributed by atoms with van der Waals surface area (Å²) in [6.45, 7) is 4.51. The fourth-order valence-electron chi connectivity index (χ4n) is 2.55. The Morgan fingerprint density at radius 2 is 2.08 bits per heavy atom. The molecule has 2 aliphatic rings. The van der Waals surface area contributed by atoms with Crippen molar-refractivity contribution in [2.45, 2.75) is 58.0 Å². The molecule has 2 fully saturated rings. The zero-order chi connectivity index (χ0) is 8.55. The van der Waals surface area contributed by atoms with Gasteiger partial charge in [-0.25, -0.2) is 0 Å². The lowest BCUT2D eigenvalue weighted by Crippen LogP contribution is -2.39. The first-order chi connectivity index (χ1) is 5.85. The van der Waals surface area contributed by atoms with Crippen molar-refractivity contribution in [1.82, 2.24) is 5.43 Å². The van der Waals surface area contributed by atoms with Crippen molar-refractivity contribution in [2.75, 3.05) is 0 Å². The predicted octanol–water partition coefficient (Wildman–Crippen LogP) is 1.70. The van der Waals surface area contributed by atoms with Crippen LogP contribution in [0, 0.1) is 0 Å².